The number of alkyl halides is 1. The number of ether oxygens (including phenoxy) is 1. The standard InChI is InChI=1S/C46H52ClF2N9O6/c1-27(2)58-35-7-6-33(41(48)31(35)19-37(44(58)63)64-23-40(60)50-3)52-34-20-38(51-21-32(34)47)55-16-12-46(49,13-17-55)26-54-14-10-45(11-15-54)24-56(25-45)29-4-5-30-28(18-29)22-57(43(30)62)36-8-9-39(59)53-42(36)61/h4-7,18-21,27,36H,8-17,22-26H2,1-3H3,(H,50,60)(H,51,52)(H,53,59,61). The monoisotopic (exact) mass is 899 g/mol. The van der Waals surface area contributed by atoms with Gasteiger partial charge in [0.2, 0.25) is 11.8 Å². The van der Waals surface area contributed by atoms with Crippen LogP contribution in [0.5, 0.6) is 5.75 Å². The third-order valence-corrected chi connectivity index (χ3v) is 14.0. The minimum atomic E-state index is -1.35. The normalized spacial score (nSPS) is 20.7. The van der Waals surface area contributed by atoms with Gasteiger partial charge in [-0.15, -0.1) is 0 Å². The predicted octanol–water partition coefficient (Wildman–Crippen LogP) is 5.31. The first-order valence-electron chi connectivity index (χ1n) is 22.0. The highest BCUT2D eigenvalue weighted by molar-refractivity contribution is 6.33. The highest BCUT2D eigenvalue weighted by Crippen LogP contribution is 2.44. The van der Waals surface area contributed by atoms with Gasteiger partial charge in [0.25, 0.3) is 17.4 Å². The second-order valence-electron chi connectivity index (χ2n) is 18.3. The van der Waals surface area contributed by atoms with Gasteiger partial charge in [-0.3, -0.25) is 29.3 Å². The van der Waals surface area contributed by atoms with E-state index in [1.54, 1.807) is 36.9 Å². The summed E-state index contributed by atoms with van der Waals surface area (Å²) in [5.74, 6) is -1.52. The number of pyridine rings is 2. The zero-order valence-corrected chi connectivity index (χ0v) is 36.9. The summed E-state index contributed by atoms with van der Waals surface area (Å²) in [6.45, 7) is 8.26. The van der Waals surface area contributed by atoms with E-state index in [4.69, 9.17) is 16.3 Å². The summed E-state index contributed by atoms with van der Waals surface area (Å²) in [6.07, 6.45) is 4.66. The van der Waals surface area contributed by atoms with Gasteiger partial charge in [0, 0.05) is 99.7 Å². The van der Waals surface area contributed by atoms with E-state index >= 15 is 8.78 Å². The number of likely N-dealkylation sites (tertiary alicyclic amines) is 1. The molecule has 0 aliphatic carbocycles. The van der Waals surface area contributed by atoms with Crippen LogP contribution in [0.1, 0.15) is 74.3 Å². The molecule has 4 saturated heterocycles. The molecule has 3 N–H and O–H groups in total. The number of carbonyl (C=O) groups is 4. The number of fused-ring (bicyclic) bond motifs is 2. The van der Waals surface area contributed by atoms with Crippen molar-refractivity contribution in [2.75, 3.05) is 74.6 Å². The molecule has 5 aliphatic rings. The lowest BCUT2D eigenvalue weighted by Gasteiger charge is -2.55. The molecule has 4 amide bonds. The van der Waals surface area contributed by atoms with Crippen molar-refractivity contribution in [3.8, 4) is 5.75 Å². The van der Waals surface area contributed by atoms with Crippen LogP contribution in [-0.2, 0) is 20.9 Å². The molecule has 4 aromatic rings. The second kappa shape index (κ2) is 17.0. The number of hydrogen-bond acceptors (Lipinski definition) is 11. The van der Waals surface area contributed by atoms with Crippen LogP contribution in [0.2, 0.25) is 5.02 Å². The van der Waals surface area contributed by atoms with E-state index in [2.05, 4.69) is 36.8 Å². The number of benzene rings is 2. The molecule has 15 nitrogen and oxygen atoms in total. The van der Waals surface area contributed by atoms with Gasteiger partial charge in [0.05, 0.1) is 28.1 Å². The van der Waals surface area contributed by atoms with E-state index in [9.17, 15) is 24.0 Å². The number of halogens is 3. The summed E-state index contributed by atoms with van der Waals surface area (Å²) in [4.78, 5) is 75.1. The van der Waals surface area contributed by atoms with Crippen LogP contribution in [0.25, 0.3) is 10.9 Å². The summed E-state index contributed by atoms with van der Waals surface area (Å²) >= 11 is 6.57. The molecule has 2 aromatic carbocycles. The van der Waals surface area contributed by atoms with Crippen molar-refractivity contribution >= 4 is 69.0 Å². The maximum absolute atomic E-state index is 16.5. The van der Waals surface area contributed by atoms with Crippen LogP contribution in [0.15, 0.2) is 53.5 Å². The highest BCUT2D eigenvalue weighted by atomic mass is 35.5. The molecule has 0 bridgehead atoms. The lowest BCUT2D eigenvalue weighted by Crippen LogP contribution is -2.61. The highest BCUT2D eigenvalue weighted by Gasteiger charge is 2.47. The van der Waals surface area contributed by atoms with Gasteiger partial charge in [-0.05, 0) is 88.2 Å². The molecule has 1 spiro atoms. The van der Waals surface area contributed by atoms with Gasteiger partial charge in [0.15, 0.2) is 18.2 Å². The molecule has 1 unspecified atom stereocenters. The average molecular weight is 900 g/mol. The molecule has 338 valence electrons. The Morgan fingerprint density at radius 1 is 0.984 bits per heavy atom. The number of carbonyl (C=O) groups excluding carboxylic acids is 4. The maximum Gasteiger partial charge on any atom is 0.293 e. The Balaban J connectivity index is 0.784. The van der Waals surface area contributed by atoms with Crippen molar-refractivity contribution in [2.24, 2.45) is 5.41 Å². The molecule has 1 atom stereocenters. The van der Waals surface area contributed by atoms with Crippen LogP contribution in [0.4, 0.5) is 31.7 Å². The van der Waals surface area contributed by atoms with E-state index in [1.807, 2.05) is 17.0 Å². The Bertz CT molecular complexity index is 2600. The van der Waals surface area contributed by atoms with Crippen LogP contribution in [0.3, 0.4) is 0 Å². The summed E-state index contributed by atoms with van der Waals surface area (Å²) in [5, 5.41) is 8.28. The van der Waals surface area contributed by atoms with E-state index in [-0.39, 0.29) is 51.5 Å². The van der Waals surface area contributed by atoms with E-state index in [1.165, 1.54) is 23.9 Å². The topological polar surface area (TPSA) is 161 Å². The minimum Gasteiger partial charge on any atom is -0.478 e. The lowest BCUT2D eigenvalue weighted by molar-refractivity contribution is -0.137. The Labute approximate surface area is 374 Å². The zero-order chi connectivity index (χ0) is 45.1. The molecule has 64 heavy (non-hydrogen) atoms. The van der Waals surface area contributed by atoms with Gasteiger partial charge >= 0.3 is 0 Å². The van der Waals surface area contributed by atoms with Gasteiger partial charge in [-0.1, -0.05) is 11.6 Å². The third kappa shape index (κ3) is 8.23. The van der Waals surface area contributed by atoms with Crippen LogP contribution in [0, 0.1) is 11.2 Å². The fourth-order valence-corrected chi connectivity index (χ4v) is 10.2. The van der Waals surface area contributed by atoms with E-state index in [0.29, 0.717) is 68.0 Å². The molecule has 2 aromatic heterocycles. The fraction of sp³-hybridized carbons (Fsp3) is 0.478. The summed E-state index contributed by atoms with van der Waals surface area (Å²) < 4.78 is 39.7. The fourth-order valence-electron chi connectivity index (χ4n) is 10.0. The second-order valence-corrected chi connectivity index (χ2v) is 18.7. The van der Waals surface area contributed by atoms with Gasteiger partial charge in [0.1, 0.15) is 17.5 Å². The quantitative estimate of drug-likeness (QED) is 0.168. The minimum absolute atomic E-state index is 0.109. The Kier molecular flexibility index (Phi) is 11.5. The van der Waals surface area contributed by atoms with Crippen LogP contribution < -0.4 is 36.0 Å². The maximum atomic E-state index is 16.5. The van der Waals surface area contributed by atoms with E-state index in [0.717, 1.165) is 50.3 Å². The first kappa shape index (κ1) is 43.4. The molecule has 0 radical (unpaired) electrons. The van der Waals surface area contributed by atoms with E-state index < -0.39 is 41.5 Å². The molecule has 4 fully saturated rings. The average Bonchev–Trinajstić information content (AvgIpc) is 3.58. The summed E-state index contributed by atoms with van der Waals surface area (Å²) in [6, 6.07) is 11.2. The summed E-state index contributed by atoms with van der Waals surface area (Å²) in [7, 11) is 1.45. The van der Waals surface area contributed by atoms with Crippen molar-refractivity contribution in [1.29, 1.82) is 0 Å². The molecule has 0 saturated carbocycles. The van der Waals surface area contributed by atoms with Crippen molar-refractivity contribution in [3.05, 3.63) is 81.0 Å². The molecule has 7 heterocycles. The van der Waals surface area contributed by atoms with Crippen molar-refractivity contribution in [1.82, 2.24) is 30.0 Å². The third-order valence-electron chi connectivity index (χ3n) is 13.7. The first-order chi connectivity index (χ1) is 30.6. The number of aromatic nitrogens is 2. The Morgan fingerprint density at radius 2 is 1.73 bits per heavy atom. The molecule has 18 heteroatoms. The number of piperidine rings is 3. The number of amides is 4. The summed E-state index contributed by atoms with van der Waals surface area (Å²) in [5.41, 5.74) is 1.79. The van der Waals surface area contributed by atoms with Crippen molar-refractivity contribution in [2.45, 2.75) is 76.7 Å². The number of imide groups is 1. The van der Waals surface area contributed by atoms with Crippen LogP contribution >= 0.6 is 11.6 Å². The number of rotatable bonds is 11. The smallest absolute Gasteiger partial charge is 0.293 e. The number of hydrogen-bond donors (Lipinski definition) is 3. The number of nitrogens with zero attached hydrogens (tertiary/aromatic N) is 6. The van der Waals surface area contributed by atoms with Crippen molar-refractivity contribution < 1.29 is 32.7 Å². The molecule has 9 rings (SSSR count). The first-order valence-corrected chi connectivity index (χ1v) is 22.3. The van der Waals surface area contributed by atoms with Gasteiger partial charge in [-0.2, -0.15) is 0 Å². The lowest BCUT2D eigenvalue weighted by atomic mass is 9.71. The zero-order valence-electron chi connectivity index (χ0n) is 36.1. The Morgan fingerprint density at radius 3 is 2.44 bits per heavy atom. The number of anilines is 4. The largest absolute Gasteiger partial charge is 0.478 e. The van der Waals surface area contributed by atoms with Gasteiger partial charge in [-0.25, -0.2) is 13.8 Å². The SMILES string of the molecule is CNC(=O)COc1cc2c(F)c(Nc3cc(N4CCC(F)(CN5CCC6(CC5)CN(c5ccc7c(c5)CN(C5CCC(=O)NC5=O)C7=O)C6)CC4)ncc3Cl)ccc2n(C(C)C)c1=O. The van der Waals surface area contributed by atoms with Crippen molar-refractivity contribution in [3.63, 3.8) is 0 Å². The molecular weight excluding hydrogens is 848 g/mol. The molecule has 5 aliphatic heterocycles. The molecular formula is C46H52ClF2N9O6. The Hall–Kier alpha value is -5.81. The number of nitrogens with one attached hydrogen (secondary N) is 3. The number of likely N-dealkylation sites (N-methyl/N-ethyl adjacent to an activating group) is 1. The predicted molar refractivity (Wildman–Crippen MR) is 239 cm³/mol. The van der Waals surface area contributed by atoms with Crippen LogP contribution in [-0.4, -0.2) is 114 Å². The van der Waals surface area contributed by atoms with Gasteiger partial charge < -0.3 is 39.5 Å².